The van der Waals surface area contributed by atoms with Crippen molar-refractivity contribution in [2.45, 2.75) is 0 Å². The highest BCUT2D eigenvalue weighted by Crippen LogP contribution is 2.25. The Morgan fingerprint density at radius 1 is 1.19 bits per heavy atom. The van der Waals surface area contributed by atoms with Crippen molar-refractivity contribution in [3.8, 4) is 11.1 Å². The van der Waals surface area contributed by atoms with Crippen LogP contribution in [0.1, 0.15) is 10.4 Å². The van der Waals surface area contributed by atoms with Crippen LogP contribution >= 0.6 is 0 Å². The number of carboxylic acids is 1. The van der Waals surface area contributed by atoms with E-state index in [0.29, 0.717) is 5.69 Å². The van der Waals surface area contributed by atoms with Crippen molar-refractivity contribution < 1.29 is 9.90 Å². The van der Waals surface area contributed by atoms with Gasteiger partial charge in [-0.15, -0.1) is 0 Å². The van der Waals surface area contributed by atoms with E-state index < -0.39 is 5.97 Å². The lowest BCUT2D eigenvalue weighted by Gasteiger charge is -2.06. The third-order valence-corrected chi connectivity index (χ3v) is 2.29. The number of nitrogens with zero attached hydrogens (tertiary/aromatic N) is 1. The third kappa shape index (κ3) is 1.86. The number of aromatic carboxylic acids is 1. The van der Waals surface area contributed by atoms with Gasteiger partial charge in [-0.3, -0.25) is 4.98 Å². The number of carboxylic acid groups (broad SMARTS) is 1. The zero-order valence-electron chi connectivity index (χ0n) is 8.42. The SMILES string of the molecule is Nc1cc(C(=O)O)ccc1-c1ccncc1. The minimum Gasteiger partial charge on any atom is -0.478 e. The Bertz CT molecular complexity index is 524. The molecule has 0 bridgehead atoms. The molecule has 0 saturated heterocycles. The summed E-state index contributed by atoms with van der Waals surface area (Å²) in [5, 5.41) is 8.81. The Hall–Kier alpha value is -2.36. The van der Waals surface area contributed by atoms with Gasteiger partial charge in [-0.1, -0.05) is 6.07 Å². The molecule has 4 nitrogen and oxygen atoms in total. The monoisotopic (exact) mass is 214 g/mol. The number of nitrogen functional groups attached to an aromatic ring is 1. The number of pyridine rings is 1. The summed E-state index contributed by atoms with van der Waals surface area (Å²) >= 11 is 0. The van der Waals surface area contributed by atoms with Crippen LogP contribution in [0.15, 0.2) is 42.7 Å². The molecule has 80 valence electrons. The Kier molecular flexibility index (Phi) is 2.55. The van der Waals surface area contributed by atoms with Gasteiger partial charge in [0.05, 0.1) is 5.56 Å². The molecule has 2 aromatic rings. The van der Waals surface area contributed by atoms with E-state index in [9.17, 15) is 4.79 Å². The van der Waals surface area contributed by atoms with Gasteiger partial charge in [-0.2, -0.15) is 0 Å². The standard InChI is InChI=1S/C12H10N2O2/c13-11-7-9(12(15)16)1-2-10(11)8-3-5-14-6-4-8/h1-7H,13H2,(H,15,16). The number of aromatic nitrogens is 1. The molecule has 0 atom stereocenters. The number of carbonyl (C=O) groups is 1. The van der Waals surface area contributed by atoms with Gasteiger partial charge in [-0.25, -0.2) is 4.79 Å². The van der Waals surface area contributed by atoms with Crippen molar-refractivity contribution in [2.24, 2.45) is 0 Å². The Balaban J connectivity index is 2.48. The summed E-state index contributed by atoms with van der Waals surface area (Å²) in [6, 6.07) is 8.35. The number of hydrogen-bond donors (Lipinski definition) is 2. The first kappa shape index (κ1) is 10.2. The van der Waals surface area contributed by atoms with Gasteiger partial charge in [0.15, 0.2) is 0 Å². The highest BCUT2D eigenvalue weighted by molar-refractivity contribution is 5.91. The number of benzene rings is 1. The molecule has 0 aliphatic carbocycles. The van der Waals surface area contributed by atoms with E-state index in [4.69, 9.17) is 10.8 Å². The number of anilines is 1. The van der Waals surface area contributed by atoms with Gasteiger partial charge >= 0.3 is 5.97 Å². The van der Waals surface area contributed by atoms with Crippen LogP contribution in [0.3, 0.4) is 0 Å². The van der Waals surface area contributed by atoms with Gasteiger partial charge in [0, 0.05) is 23.6 Å². The van der Waals surface area contributed by atoms with Crippen LogP contribution in [-0.4, -0.2) is 16.1 Å². The maximum Gasteiger partial charge on any atom is 0.335 e. The van der Waals surface area contributed by atoms with Crippen molar-refractivity contribution in [2.75, 3.05) is 5.73 Å². The van der Waals surface area contributed by atoms with Gasteiger partial charge in [0.2, 0.25) is 0 Å². The third-order valence-electron chi connectivity index (χ3n) is 2.29. The smallest absolute Gasteiger partial charge is 0.335 e. The molecule has 0 aliphatic rings. The average Bonchev–Trinajstić information content (AvgIpc) is 2.30. The lowest BCUT2D eigenvalue weighted by Crippen LogP contribution is -1.99. The molecule has 0 saturated carbocycles. The summed E-state index contributed by atoms with van der Waals surface area (Å²) in [5.41, 5.74) is 8.18. The van der Waals surface area contributed by atoms with Crippen molar-refractivity contribution in [1.29, 1.82) is 0 Å². The normalized spacial score (nSPS) is 10.0. The second-order valence-electron chi connectivity index (χ2n) is 3.34. The molecule has 16 heavy (non-hydrogen) atoms. The van der Waals surface area contributed by atoms with E-state index in [0.717, 1.165) is 11.1 Å². The summed E-state index contributed by atoms with van der Waals surface area (Å²) in [6.07, 6.45) is 3.33. The van der Waals surface area contributed by atoms with Crippen LogP contribution in [0, 0.1) is 0 Å². The van der Waals surface area contributed by atoms with Gasteiger partial charge in [0.1, 0.15) is 0 Å². The van der Waals surface area contributed by atoms with E-state index in [1.54, 1.807) is 18.5 Å². The van der Waals surface area contributed by atoms with Crippen LogP contribution in [0.5, 0.6) is 0 Å². The molecule has 0 amide bonds. The van der Waals surface area contributed by atoms with E-state index >= 15 is 0 Å². The minimum atomic E-state index is -0.979. The molecule has 0 spiro atoms. The molecule has 2 rings (SSSR count). The van der Waals surface area contributed by atoms with E-state index in [1.165, 1.54) is 12.1 Å². The largest absolute Gasteiger partial charge is 0.478 e. The topological polar surface area (TPSA) is 76.2 Å². The van der Waals surface area contributed by atoms with Crippen LogP contribution in [0.2, 0.25) is 0 Å². The summed E-state index contributed by atoms with van der Waals surface area (Å²) in [7, 11) is 0. The first-order chi connectivity index (χ1) is 7.68. The molecule has 1 heterocycles. The van der Waals surface area contributed by atoms with E-state index in [-0.39, 0.29) is 5.56 Å². The van der Waals surface area contributed by atoms with Gasteiger partial charge in [-0.05, 0) is 29.8 Å². The fourth-order valence-electron chi connectivity index (χ4n) is 1.49. The minimum absolute atomic E-state index is 0.190. The summed E-state index contributed by atoms with van der Waals surface area (Å²) in [6.45, 7) is 0. The summed E-state index contributed by atoms with van der Waals surface area (Å²) in [5.74, 6) is -0.979. The number of nitrogens with two attached hydrogens (primary N) is 1. The zero-order valence-corrected chi connectivity index (χ0v) is 8.42. The van der Waals surface area contributed by atoms with Crippen molar-refractivity contribution in [1.82, 2.24) is 4.98 Å². The molecule has 0 unspecified atom stereocenters. The van der Waals surface area contributed by atoms with E-state index in [1.807, 2.05) is 12.1 Å². The fraction of sp³-hybridized carbons (Fsp3) is 0. The lowest BCUT2D eigenvalue weighted by atomic mass is 10.0. The highest BCUT2D eigenvalue weighted by Gasteiger charge is 2.07. The van der Waals surface area contributed by atoms with Crippen LogP contribution in [0.4, 0.5) is 5.69 Å². The lowest BCUT2D eigenvalue weighted by molar-refractivity contribution is 0.0697. The second kappa shape index (κ2) is 4.02. The molecule has 0 aliphatic heterocycles. The Labute approximate surface area is 92.4 Å². The van der Waals surface area contributed by atoms with Crippen LogP contribution in [0.25, 0.3) is 11.1 Å². The molecule has 0 radical (unpaired) electrons. The molecule has 0 fully saturated rings. The molecule has 4 heteroatoms. The predicted octanol–water partition coefficient (Wildman–Crippen LogP) is 2.03. The van der Waals surface area contributed by atoms with Crippen molar-refractivity contribution >= 4 is 11.7 Å². The summed E-state index contributed by atoms with van der Waals surface area (Å²) in [4.78, 5) is 14.6. The molecule has 1 aromatic heterocycles. The number of hydrogen-bond acceptors (Lipinski definition) is 3. The second-order valence-corrected chi connectivity index (χ2v) is 3.34. The first-order valence-electron chi connectivity index (χ1n) is 4.71. The van der Waals surface area contributed by atoms with Gasteiger partial charge < -0.3 is 10.8 Å². The quantitative estimate of drug-likeness (QED) is 0.750. The maximum atomic E-state index is 10.7. The molecular formula is C12H10N2O2. The first-order valence-corrected chi connectivity index (χ1v) is 4.71. The van der Waals surface area contributed by atoms with Crippen molar-refractivity contribution in [3.05, 3.63) is 48.3 Å². The van der Waals surface area contributed by atoms with Crippen LogP contribution < -0.4 is 5.73 Å². The fourth-order valence-corrected chi connectivity index (χ4v) is 1.49. The highest BCUT2D eigenvalue weighted by atomic mass is 16.4. The molecule has 1 aromatic carbocycles. The molecule has 3 N–H and O–H groups in total. The van der Waals surface area contributed by atoms with Crippen LogP contribution in [-0.2, 0) is 0 Å². The van der Waals surface area contributed by atoms with Gasteiger partial charge in [0.25, 0.3) is 0 Å². The predicted molar refractivity (Wildman–Crippen MR) is 61.0 cm³/mol. The number of rotatable bonds is 2. The zero-order chi connectivity index (χ0) is 11.5. The van der Waals surface area contributed by atoms with E-state index in [2.05, 4.69) is 4.98 Å². The maximum absolute atomic E-state index is 10.7. The Morgan fingerprint density at radius 2 is 1.88 bits per heavy atom. The Morgan fingerprint density at radius 3 is 2.44 bits per heavy atom. The molecular weight excluding hydrogens is 204 g/mol. The van der Waals surface area contributed by atoms with Crippen molar-refractivity contribution in [3.63, 3.8) is 0 Å². The summed E-state index contributed by atoms with van der Waals surface area (Å²) < 4.78 is 0. The average molecular weight is 214 g/mol.